The molecule has 0 saturated carbocycles. The summed E-state index contributed by atoms with van der Waals surface area (Å²) in [6, 6.07) is 0.802. The number of rotatable bonds is 4. The molecule has 0 aromatic heterocycles. The predicted octanol–water partition coefficient (Wildman–Crippen LogP) is 3.18. The highest BCUT2D eigenvalue weighted by Crippen LogP contribution is 2.02. The molecule has 0 unspecified atom stereocenters. The molecule has 0 radical (unpaired) electrons. The first-order valence-electron chi connectivity index (χ1n) is 7.54. The van der Waals surface area contributed by atoms with Crippen LogP contribution in [-0.4, -0.2) is 42.8 Å². The topological polar surface area (TPSA) is 44.7 Å². The van der Waals surface area contributed by atoms with Gasteiger partial charge in [-0.2, -0.15) is 0 Å². The van der Waals surface area contributed by atoms with Crippen LogP contribution < -0.4 is 5.32 Å². The number of carbonyl (C=O) groups excluding carboxylic acids is 1. The van der Waals surface area contributed by atoms with Crippen LogP contribution in [0.25, 0.3) is 0 Å². The molecule has 4 nitrogen and oxygen atoms in total. The van der Waals surface area contributed by atoms with Crippen molar-refractivity contribution in [2.24, 2.45) is 16.8 Å². The van der Waals surface area contributed by atoms with E-state index in [1.807, 2.05) is 41.8 Å². The average Bonchev–Trinajstić information content (AvgIpc) is 2.33. The standard InChI is InChI=1S/C8H18N2.C8H17NO/c1-6(2)8(9-5)10-7(3)4;1-6(2)8(10)9(5)7(3)4/h6-7H,1-5H3,(H,9,10);6-7H,1-5H3. The van der Waals surface area contributed by atoms with Gasteiger partial charge in [-0.1, -0.05) is 27.7 Å². The maximum absolute atomic E-state index is 11.2. The molecule has 0 bridgehead atoms. The second-order valence-corrected chi connectivity index (χ2v) is 6.26. The van der Waals surface area contributed by atoms with Crippen molar-refractivity contribution in [3.8, 4) is 0 Å². The van der Waals surface area contributed by atoms with Crippen molar-refractivity contribution in [3.63, 3.8) is 0 Å². The van der Waals surface area contributed by atoms with Gasteiger partial charge in [0.1, 0.15) is 0 Å². The summed E-state index contributed by atoms with van der Waals surface area (Å²) in [6.45, 7) is 16.4. The van der Waals surface area contributed by atoms with E-state index in [4.69, 9.17) is 0 Å². The molecule has 1 N–H and O–H groups in total. The average molecular weight is 285 g/mol. The molecular weight excluding hydrogens is 250 g/mol. The highest BCUT2D eigenvalue weighted by atomic mass is 16.2. The normalized spacial score (nSPS) is 11.8. The molecule has 0 aromatic rings. The van der Waals surface area contributed by atoms with Gasteiger partial charge < -0.3 is 10.2 Å². The lowest BCUT2D eigenvalue weighted by Crippen LogP contribution is -2.35. The maximum atomic E-state index is 11.2. The Morgan fingerprint density at radius 2 is 1.40 bits per heavy atom. The van der Waals surface area contributed by atoms with Gasteiger partial charge in [-0.15, -0.1) is 0 Å². The number of nitrogens with one attached hydrogen (secondary N) is 1. The Bertz CT molecular complexity index is 294. The summed E-state index contributed by atoms with van der Waals surface area (Å²) in [6.07, 6.45) is 0. The summed E-state index contributed by atoms with van der Waals surface area (Å²) in [5.41, 5.74) is 0. The van der Waals surface area contributed by atoms with Crippen LogP contribution in [0.5, 0.6) is 0 Å². The Balaban J connectivity index is 0. The summed E-state index contributed by atoms with van der Waals surface area (Å²) in [7, 11) is 3.66. The molecule has 120 valence electrons. The number of hydrogen-bond acceptors (Lipinski definition) is 2. The molecule has 20 heavy (non-hydrogen) atoms. The van der Waals surface area contributed by atoms with Gasteiger partial charge >= 0.3 is 0 Å². The van der Waals surface area contributed by atoms with Gasteiger partial charge in [0.2, 0.25) is 5.91 Å². The Kier molecular flexibility index (Phi) is 11.4. The predicted molar refractivity (Wildman–Crippen MR) is 89.2 cm³/mol. The van der Waals surface area contributed by atoms with Crippen LogP contribution >= 0.6 is 0 Å². The third kappa shape index (κ3) is 9.82. The van der Waals surface area contributed by atoms with Crippen LogP contribution in [0.4, 0.5) is 0 Å². The lowest BCUT2D eigenvalue weighted by atomic mass is 10.2. The fraction of sp³-hybridized carbons (Fsp3) is 0.875. The SMILES string of the molecule is CC(C)C(=O)N(C)C(C)C.CN=C(NC(C)C)C(C)C. The second-order valence-electron chi connectivity index (χ2n) is 6.26. The number of amidine groups is 1. The molecule has 4 heteroatoms. The van der Waals surface area contributed by atoms with E-state index in [9.17, 15) is 4.79 Å². The fourth-order valence-corrected chi connectivity index (χ4v) is 1.45. The minimum atomic E-state index is 0.118. The zero-order valence-corrected chi connectivity index (χ0v) is 15.1. The maximum Gasteiger partial charge on any atom is 0.225 e. The molecule has 0 rings (SSSR count). The van der Waals surface area contributed by atoms with Crippen LogP contribution in [0.15, 0.2) is 4.99 Å². The molecular formula is C16H35N3O. The number of amides is 1. The van der Waals surface area contributed by atoms with Crippen LogP contribution in [0, 0.1) is 11.8 Å². The Labute approximate surface area is 126 Å². The molecule has 1 amide bonds. The van der Waals surface area contributed by atoms with E-state index >= 15 is 0 Å². The monoisotopic (exact) mass is 285 g/mol. The third-order valence-electron chi connectivity index (χ3n) is 2.84. The van der Waals surface area contributed by atoms with Gasteiger partial charge in [-0.3, -0.25) is 9.79 Å². The van der Waals surface area contributed by atoms with E-state index in [0.29, 0.717) is 18.0 Å². The van der Waals surface area contributed by atoms with Crippen molar-refractivity contribution in [1.82, 2.24) is 10.2 Å². The summed E-state index contributed by atoms with van der Waals surface area (Å²) >= 11 is 0. The molecule has 0 atom stereocenters. The zero-order chi connectivity index (χ0) is 16.5. The summed E-state index contributed by atoms with van der Waals surface area (Å²) < 4.78 is 0. The van der Waals surface area contributed by atoms with Crippen molar-refractivity contribution < 1.29 is 4.79 Å². The van der Waals surface area contributed by atoms with E-state index in [0.717, 1.165) is 5.84 Å². The lowest BCUT2D eigenvalue weighted by Gasteiger charge is -2.23. The minimum Gasteiger partial charge on any atom is -0.371 e. The van der Waals surface area contributed by atoms with Crippen molar-refractivity contribution in [1.29, 1.82) is 0 Å². The van der Waals surface area contributed by atoms with Gasteiger partial charge in [0.05, 0.1) is 5.84 Å². The quantitative estimate of drug-likeness (QED) is 0.637. The fourth-order valence-electron chi connectivity index (χ4n) is 1.45. The Hall–Kier alpha value is -1.06. The van der Waals surface area contributed by atoms with Gasteiger partial charge in [0.15, 0.2) is 0 Å². The smallest absolute Gasteiger partial charge is 0.225 e. The van der Waals surface area contributed by atoms with Crippen LogP contribution in [0.2, 0.25) is 0 Å². The summed E-state index contributed by atoms with van der Waals surface area (Å²) in [5.74, 6) is 1.94. The van der Waals surface area contributed by atoms with Crippen LogP contribution in [0.3, 0.4) is 0 Å². The molecule has 0 aliphatic heterocycles. The Morgan fingerprint density at radius 1 is 0.950 bits per heavy atom. The van der Waals surface area contributed by atoms with Gasteiger partial charge in [0, 0.05) is 38.0 Å². The number of nitrogens with zero attached hydrogens (tertiary/aromatic N) is 2. The molecule has 0 saturated heterocycles. The number of carbonyl (C=O) groups is 1. The summed E-state index contributed by atoms with van der Waals surface area (Å²) in [4.78, 5) is 17.1. The van der Waals surface area contributed by atoms with E-state index in [1.165, 1.54) is 0 Å². The highest BCUT2D eigenvalue weighted by molar-refractivity contribution is 5.84. The van der Waals surface area contributed by atoms with Crippen LogP contribution in [-0.2, 0) is 4.79 Å². The van der Waals surface area contributed by atoms with Gasteiger partial charge in [-0.25, -0.2) is 0 Å². The van der Waals surface area contributed by atoms with E-state index in [2.05, 4.69) is 38.0 Å². The largest absolute Gasteiger partial charge is 0.371 e. The number of hydrogen-bond donors (Lipinski definition) is 1. The minimum absolute atomic E-state index is 0.118. The van der Waals surface area contributed by atoms with E-state index in [-0.39, 0.29) is 11.8 Å². The lowest BCUT2D eigenvalue weighted by molar-refractivity contribution is -0.134. The van der Waals surface area contributed by atoms with Crippen molar-refractivity contribution >= 4 is 11.7 Å². The molecule has 0 aliphatic carbocycles. The van der Waals surface area contributed by atoms with Crippen molar-refractivity contribution in [2.45, 2.75) is 67.5 Å². The first-order chi connectivity index (χ1) is 9.04. The second kappa shape index (κ2) is 10.7. The van der Waals surface area contributed by atoms with Gasteiger partial charge in [-0.05, 0) is 27.7 Å². The van der Waals surface area contributed by atoms with Crippen LogP contribution in [0.1, 0.15) is 55.4 Å². The third-order valence-corrected chi connectivity index (χ3v) is 2.84. The first kappa shape index (κ1) is 21.2. The molecule has 0 heterocycles. The Morgan fingerprint density at radius 3 is 1.50 bits per heavy atom. The van der Waals surface area contributed by atoms with Crippen molar-refractivity contribution in [3.05, 3.63) is 0 Å². The zero-order valence-electron chi connectivity index (χ0n) is 15.1. The first-order valence-corrected chi connectivity index (χ1v) is 7.54. The van der Waals surface area contributed by atoms with E-state index in [1.54, 1.807) is 4.90 Å². The molecule has 0 spiro atoms. The van der Waals surface area contributed by atoms with Gasteiger partial charge in [0.25, 0.3) is 0 Å². The molecule has 0 aliphatic rings. The highest BCUT2D eigenvalue weighted by Gasteiger charge is 2.14. The van der Waals surface area contributed by atoms with E-state index < -0.39 is 0 Å². The molecule has 0 fully saturated rings. The molecule has 0 aromatic carbocycles. The summed E-state index contributed by atoms with van der Waals surface area (Å²) in [5, 5.41) is 3.28. The van der Waals surface area contributed by atoms with Crippen molar-refractivity contribution in [2.75, 3.05) is 14.1 Å². The number of aliphatic imine (C=N–C) groups is 1.